The van der Waals surface area contributed by atoms with Crippen LogP contribution in [0.25, 0.3) is 0 Å². The van der Waals surface area contributed by atoms with Crippen LogP contribution in [0.15, 0.2) is 35.1 Å². The van der Waals surface area contributed by atoms with Gasteiger partial charge in [-0.25, -0.2) is 0 Å². The normalized spacial score (nSPS) is 12.8. The summed E-state index contributed by atoms with van der Waals surface area (Å²) in [6.45, 7) is 0. The Morgan fingerprint density at radius 3 is 2.88 bits per heavy atom. The highest BCUT2D eigenvalue weighted by Gasteiger charge is 2.15. The minimum atomic E-state index is -0.641. The first-order valence-electron chi connectivity index (χ1n) is 4.69. The van der Waals surface area contributed by atoms with Crippen molar-refractivity contribution in [2.75, 3.05) is 0 Å². The van der Waals surface area contributed by atoms with Gasteiger partial charge >= 0.3 is 0 Å². The molecule has 0 saturated heterocycles. The predicted molar refractivity (Wildman–Crippen MR) is 74.1 cm³/mol. The van der Waals surface area contributed by atoms with E-state index in [1.54, 1.807) is 10.9 Å². The second kappa shape index (κ2) is 4.85. The molecule has 1 N–H and O–H groups in total. The van der Waals surface area contributed by atoms with Crippen molar-refractivity contribution < 1.29 is 5.11 Å². The van der Waals surface area contributed by atoms with Crippen molar-refractivity contribution in [2.45, 2.75) is 6.10 Å². The molecule has 0 aliphatic carbocycles. The van der Waals surface area contributed by atoms with Gasteiger partial charge in [-0.05, 0) is 40.8 Å². The minimum Gasteiger partial charge on any atom is -0.383 e. The topological polar surface area (TPSA) is 38.0 Å². The number of aryl methyl sites for hydroxylation is 1. The van der Waals surface area contributed by atoms with Crippen molar-refractivity contribution in [3.05, 3.63) is 49.8 Å². The van der Waals surface area contributed by atoms with Gasteiger partial charge in [-0.15, -0.1) is 0 Å². The van der Waals surface area contributed by atoms with E-state index in [-0.39, 0.29) is 0 Å². The van der Waals surface area contributed by atoms with Crippen LogP contribution in [0.1, 0.15) is 17.2 Å². The average molecular weight is 393 g/mol. The summed E-state index contributed by atoms with van der Waals surface area (Å²) in [5.41, 5.74) is 1.66. The van der Waals surface area contributed by atoms with Crippen LogP contribution in [0, 0.1) is 3.57 Å². The number of hydrogen-bond donors (Lipinski definition) is 1. The molecule has 1 unspecified atom stereocenters. The van der Waals surface area contributed by atoms with Crippen LogP contribution >= 0.6 is 38.5 Å². The number of benzene rings is 1. The summed E-state index contributed by atoms with van der Waals surface area (Å²) in [6.07, 6.45) is 2.85. The van der Waals surface area contributed by atoms with Gasteiger partial charge in [0.2, 0.25) is 0 Å². The second-order valence-corrected chi connectivity index (χ2v) is 5.62. The summed E-state index contributed by atoms with van der Waals surface area (Å²) in [4.78, 5) is 0. The summed E-state index contributed by atoms with van der Waals surface area (Å²) >= 11 is 5.67. The average Bonchev–Trinajstić information content (AvgIpc) is 2.67. The third-order valence-electron chi connectivity index (χ3n) is 2.29. The molecule has 2 aromatic rings. The maximum Gasteiger partial charge on any atom is 0.108 e. The number of aromatic nitrogens is 2. The van der Waals surface area contributed by atoms with E-state index in [0.717, 1.165) is 19.2 Å². The van der Waals surface area contributed by atoms with Gasteiger partial charge in [-0.1, -0.05) is 15.9 Å². The van der Waals surface area contributed by atoms with Crippen LogP contribution in [0.4, 0.5) is 0 Å². The summed E-state index contributed by atoms with van der Waals surface area (Å²) in [5.74, 6) is 0. The van der Waals surface area contributed by atoms with Gasteiger partial charge in [0.05, 0.1) is 6.20 Å². The molecule has 0 saturated carbocycles. The lowest BCUT2D eigenvalue weighted by Crippen LogP contribution is -2.00. The lowest BCUT2D eigenvalue weighted by atomic mass is 10.1. The van der Waals surface area contributed by atoms with Crippen molar-refractivity contribution in [1.29, 1.82) is 0 Å². The largest absolute Gasteiger partial charge is 0.383 e. The zero-order valence-corrected chi connectivity index (χ0v) is 12.3. The Bertz CT molecular complexity index is 512. The van der Waals surface area contributed by atoms with Crippen LogP contribution in [0.3, 0.4) is 0 Å². The molecule has 1 aromatic heterocycles. The van der Waals surface area contributed by atoms with E-state index >= 15 is 0 Å². The summed E-state index contributed by atoms with van der Waals surface area (Å²) < 4.78 is 3.68. The molecule has 0 fully saturated rings. The second-order valence-electron chi connectivity index (χ2n) is 3.52. The molecule has 0 aliphatic heterocycles. The molecular weight excluding hydrogens is 383 g/mol. The van der Waals surface area contributed by atoms with E-state index in [2.05, 4.69) is 43.6 Å². The fourth-order valence-electron chi connectivity index (χ4n) is 1.49. The van der Waals surface area contributed by atoms with E-state index in [1.807, 2.05) is 31.4 Å². The van der Waals surface area contributed by atoms with Crippen molar-refractivity contribution in [3.8, 4) is 0 Å². The Morgan fingerprint density at radius 2 is 2.25 bits per heavy atom. The number of nitrogens with zero attached hydrogens (tertiary/aromatic N) is 2. The van der Waals surface area contributed by atoms with Gasteiger partial charge in [-0.3, -0.25) is 4.68 Å². The lowest BCUT2D eigenvalue weighted by molar-refractivity contribution is 0.219. The highest BCUT2D eigenvalue weighted by atomic mass is 127. The van der Waals surface area contributed by atoms with Crippen molar-refractivity contribution in [3.63, 3.8) is 0 Å². The maximum atomic E-state index is 10.2. The van der Waals surface area contributed by atoms with Crippen LogP contribution < -0.4 is 0 Å². The minimum absolute atomic E-state index is 0.641. The molecule has 3 nitrogen and oxygen atoms in total. The first-order valence-corrected chi connectivity index (χ1v) is 6.56. The molecule has 0 bridgehead atoms. The van der Waals surface area contributed by atoms with E-state index < -0.39 is 6.10 Å². The highest BCUT2D eigenvalue weighted by molar-refractivity contribution is 14.1. The van der Waals surface area contributed by atoms with E-state index in [1.165, 1.54) is 0 Å². The van der Waals surface area contributed by atoms with E-state index in [9.17, 15) is 5.11 Å². The fraction of sp³-hybridized carbons (Fsp3) is 0.182. The third-order valence-corrected chi connectivity index (χ3v) is 3.69. The van der Waals surface area contributed by atoms with Crippen molar-refractivity contribution >= 4 is 38.5 Å². The molecule has 0 amide bonds. The number of aliphatic hydroxyl groups is 1. The first kappa shape index (κ1) is 12.1. The van der Waals surface area contributed by atoms with Crippen LogP contribution in [-0.4, -0.2) is 14.9 Å². The summed E-state index contributed by atoms with van der Waals surface area (Å²) in [7, 11) is 1.83. The molecule has 5 heteroatoms. The van der Waals surface area contributed by atoms with Crippen LogP contribution in [-0.2, 0) is 7.05 Å². The van der Waals surface area contributed by atoms with Crippen LogP contribution in [0.2, 0.25) is 0 Å². The van der Waals surface area contributed by atoms with E-state index in [0.29, 0.717) is 0 Å². The fourth-order valence-corrected chi connectivity index (χ4v) is 2.46. The number of halogens is 2. The Hall–Kier alpha value is -0.400. The first-order chi connectivity index (χ1) is 7.58. The molecule has 1 aromatic carbocycles. The summed E-state index contributed by atoms with van der Waals surface area (Å²) in [6, 6.07) is 5.89. The molecular formula is C11H10BrIN2O. The zero-order valence-electron chi connectivity index (χ0n) is 8.56. The highest BCUT2D eigenvalue weighted by Crippen LogP contribution is 2.29. The Labute approximate surface area is 116 Å². The number of hydrogen-bond acceptors (Lipinski definition) is 2. The van der Waals surface area contributed by atoms with Gasteiger partial charge in [0.1, 0.15) is 6.10 Å². The molecule has 0 aliphatic rings. The molecule has 16 heavy (non-hydrogen) atoms. The zero-order chi connectivity index (χ0) is 11.7. The monoisotopic (exact) mass is 392 g/mol. The quantitative estimate of drug-likeness (QED) is 0.798. The van der Waals surface area contributed by atoms with Gasteiger partial charge < -0.3 is 5.11 Å². The molecule has 84 valence electrons. The number of rotatable bonds is 2. The molecule has 1 heterocycles. The van der Waals surface area contributed by atoms with Gasteiger partial charge in [-0.2, -0.15) is 5.10 Å². The lowest BCUT2D eigenvalue weighted by Gasteiger charge is -2.11. The number of aliphatic hydroxyl groups excluding tert-OH is 1. The third kappa shape index (κ3) is 2.46. The van der Waals surface area contributed by atoms with Gasteiger partial charge in [0, 0.05) is 32.4 Å². The Morgan fingerprint density at radius 1 is 1.50 bits per heavy atom. The van der Waals surface area contributed by atoms with Gasteiger partial charge in [0.25, 0.3) is 0 Å². The standard InChI is InChI=1S/C11H10BrIN2O/c1-15-6-7(5-14-15)11(16)9-4-8(13)2-3-10(9)12/h2-6,11,16H,1H3. The van der Waals surface area contributed by atoms with Crippen molar-refractivity contribution in [1.82, 2.24) is 9.78 Å². The SMILES string of the molecule is Cn1cc(C(O)c2cc(I)ccc2Br)cn1. The summed E-state index contributed by atoms with van der Waals surface area (Å²) in [5, 5.41) is 14.3. The van der Waals surface area contributed by atoms with E-state index in [4.69, 9.17) is 0 Å². The van der Waals surface area contributed by atoms with Gasteiger partial charge in [0.15, 0.2) is 0 Å². The maximum absolute atomic E-state index is 10.2. The molecule has 0 spiro atoms. The molecule has 1 atom stereocenters. The smallest absolute Gasteiger partial charge is 0.108 e. The Kier molecular flexibility index (Phi) is 3.66. The predicted octanol–water partition coefficient (Wildman–Crippen LogP) is 2.87. The molecule has 0 radical (unpaired) electrons. The molecule has 2 rings (SSSR count). The van der Waals surface area contributed by atoms with Crippen LogP contribution in [0.5, 0.6) is 0 Å². The van der Waals surface area contributed by atoms with Crippen molar-refractivity contribution in [2.24, 2.45) is 7.05 Å². The Balaban J connectivity index is 2.40.